The van der Waals surface area contributed by atoms with Crippen molar-refractivity contribution in [3.63, 3.8) is 0 Å². The third kappa shape index (κ3) is 4.90. The van der Waals surface area contributed by atoms with E-state index in [0.717, 1.165) is 41.1 Å². The van der Waals surface area contributed by atoms with E-state index in [0.29, 0.717) is 17.5 Å². The SMILES string of the molecule is C=CCn1c(SCC(=O)Nc2cc([N+](=O)[O-])ccc2F)nnc1-c1cccc(C)c1. The molecule has 3 aromatic rings. The third-order valence-electron chi connectivity index (χ3n) is 4.07. The van der Waals surface area contributed by atoms with Gasteiger partial charge in [-0.15, -0.1) is 16.8 Å². The van der Waals surface area contributed by atoms with Crippen LogP contribution in [0.4, 0.5) is 15.8 Å². The predicted octanol–water partition coefficient (Wildman–Crippen LogP) is 4.22. The zero-order chi connectivity index (χ0) is 21.7. The van der Waals surface area contributed by atoms with Gasteiger partial charge in [-0.2, -0.15) is 0 Å². The fraction of sp³-hybridized carbons (Fsp3) is 0.150. The molecule has 0 fully saturated rings. The largest absolute Gasteiger partial charge is 0.323 e. The van der Waals surface area contributed by atoms with Gasteiger partial charge in [0.25, 0.3) is 5.69 Å². The molecule has 30 heavy (non-hydrogen) atoms. The highest BCUT2D eigenvalue weighted by Gasteiger charge is 2.17. The van der Waals surface area contributed by atoms with Crippen molar-refractivity contribution in [2.75, 3.05) is 11.1 Å². The molecule has 0 aliphatic carbocycles. The van der Waals surface area contributed by atoms with Gasteiger partial charge < -0.3 is 5.32 Å². The molecule has 154 valence electrons. The van der Waals surface area contributed by atoms with Gasteiger partial charge in [-0.3, -0.25) is 19.5 Å². The quantitative estimate of drug-likeness (QED) is 0.250. The van der Waals surface area contributed by atoms with Crippen molar-refractivity contribution in [3.05, 3.63) is 76.6 Å². The second-order valence-corrected chi connectivity index (χ2v) is 7.28. The fourth-order valence-corrected chi connectivity index (χ4v) is 3.47. The summed E-state index contributed by atoms with van der Waals surface area (Å²) in [6, 6.07) is 10.8. The van der Waals surface area contributed by atoms with Crippen LogP contribution in [0.2, 0.25) is 0 Å². The number of non-ortho nitro benzene ring substituents is 1. The molecule has 0 radical (unpaired) electrons. The van der Waals surface area contributed by atoms with Gasteiger partial charge >= 0.3 is 0 Å². The lowest BCUT2D eigenvalue weighted by atomic mass is 10.1. The van der Waals surface area contributed by atoms with Crippen LogP contribution in [0.25, 0.3) is 11.4 Å². The number of carbonyl (C=O) groups is 1. The van der Waals surface area contributed by atoms with Crippen LogP contribution in [0.15, 0.2) is 60.3 Å². The minimum Gasteiger partial charge on any atom is -0.323 e. The van der Waals surface area contributed by atoms with Crippen LogP contribution < -0.4 is 5.32 Å². The summed E-state index contributed by atoms with van der Waals surface area (Å²) >= 11 is 1.12. The summed E-state index contributed by atoms with van der Waals surface area (Å²) in [5, 5.41) is 22.1. The normalized spacial score (nSPS) is 10.6. The number of anilines is 1. The smallest absolute Gasteiger partial charge is 0.271 e. The van der Waals surface area contributed by atoms with Crippen LogP contribution in [0.5, 0.6) is 0 Å². The molecule has 10 heteroatoms. The molecule has 0 bridgehead atoms. The van der Waals surface area contributed by atoms with Crippen LogP contribution in [0.1, 0.15) is 5.56 Å². The van der Waals surface area contributed by atoms with E-state index in [2.05, 4.69) is 22.1 Å². The Labute approximate surface area is 176 Å². The lowest BCUT2D eigenvalue weighted by molar-refractivity contribution is -0.384. The van der Waals surface area contributed by atoms with Crippen LogP contribution >= 0.6 is 11.8 Å². The van der Waals surface area contributed by atoms with Crippen molar-refractivity contribution in [2.45, 2.75) is 18.6 Å². The first-order chi connectivity index (χ1) is 14.4. The third-order valence-corrected chi connectivity index (χ3v) is 5.04. The minimum atomic E-state index is -0.754. The summed E-state index contributed by atoms with van der Waals surface area (Å²) in [5.74, 6) is -0.711. The number of amides is 1. The van der Waals surface area contributed by atoms with E-state index in [9.17, 15) is 19.3 Å². The van der Waals surface area contributed by atoms with Gasteiger partial charge in [0.1, 0.15) is 5.82 Å². The molecule has 3 rings (SSSR count). The molecule has 1 heterocycles. The van der Waals surface area contributed by atoms with Gasteiger partial charge in [0.15, 0.2) is 11.0 Å². The zero-order valence-corrected chi connectivity index (χ0v) is 16.9. The van der Waals surface area contributed by atoms with E-state index >= 15 is 0 Å². The average Bonchev–Trinajstić information content (AvgIpc) is 3.11. The Hall–Kier alpha value is -3.53. The molecule has 1 aromatic heterocycles. The topological polar surface area (TPSA) is 103 Å². The highest BCUT2D eigenvalue weighted by atomic mass is 32.2. The number of benzene rings is 2. The van der Waals surface area contributed by atoms with Crippen molar-refractivity contribution in [1.29, 1.82) is 0 Å². The van der Waals surface area contributed by atoms with Crippen LogP contribution in [-0.2, 0) is 11.3 Å². The Balaban J connectivity index is 1.74. The predicted molar refractivity (Wildman–Crippen MR) is 113 cm³/mol. The number of nitro groups is 1. The summed E-state index contributed by atoms with van der Waals surface area (Å²) in [5.41, 5.74) is 1.41. The fourth-order valence-electron chi connectivity index (χ4n) is 2.73. The van der Waals surface area contributed by atoms with E-state index in [1.54, 1.807) is 6.08 Å². The first kappa shape index (κ1) is 21.2. The molecule has 1 amide bonds. The number of hydrogen-bond acceptors (Lipinski definition) is 6. The molecule has 0 saturated heterocycles. The molecule has 0 aliphatic heterocycles. The van der Waals surface area contributed by atoms with Crippen LogP contribution in [0.3, 0.4) is 0 Å². The van der Waals surface area contributed by atoms with Gasteiger partial charge in [-0.1, -0.05) is 41.6 Å². The summed E-state index contributed by atoms with van der Waals surface area (Å²) in [7, 11) is 0. The molecular formula is C20H18FN5O3S. The molecule has 0 saturated carbocycles. The molecule has 0 aliphatic rings. The monoisotopic (exact) mass is 427 g/mol. The number of allylic oxidation sites excluding steroid dienone is 1. The molecular weight excluding hydrogens is 409 g/mol. The van der Waals surface area contributed by atoms with Gasteiger partial charge in [0.2, 0.25) is 5.91 Å². The standard InChI is InChI=1S/C20H18FN5O3S/c1-3-9-25-19(14-6-4-5-13(2)10-14)23-24-20(25)30-12-18(27)22-17-11-15(26(28)29)7-8-16(17)21/h3-8,10-11H,1,9,12H2,2H3,(H,22,27). The van der Waals surface area contributed by atoms with Crippen molar-refractivity contribution in [3.8, 4) is 11.4 Å². The Bertz CT molecular complexity index is 1120. The Morgan fingerprint density at radius 3 is 2.83 bits per heavy atom. The number of aromatic nitrogens is 3. The number of nitro benzene ring substituents is 1. The lowest BCUT2D eigenvalue weighted by Gasteiger charge is -2.09. The first-order valence-electron chi connectivity index (χ1n) is 8.86. The van der Waals surface area contributed by atoms with Gasteiger partial charge in [0, 0.05) is 24.2 Å². The van der Waals surface area contributed by atoms with Crippen LogP contribution in [-0.4, -0.2) is 31.3 Å². The molecule has 0 atom stereocenters. The zero-order valence-electron chi connectivity index (χ0n) is 16.0. The summed E-state index contributed by atoms with van der Waals surface area (Å²) < 4.78 is 15.7. The molecule has 0 unspecified atom stereocenters. The van der Waals surface area contributed by atoms with E-state index in [-0.39, 0.29) is 17.1 Å². The van der Waals surface area contributed by atoms with Gasteiger partial charge in [-0.25, -0.2) is 4.39 Å². The van der Waals surface area contributed by atoms with Crippen molar-refractivity contribution in [1.82, 2.24) is 14.8 Å². The summed E-state index contributed by atoms with van der Waals surface area (Å²) in [6.07, 6.45) is 1.70. The highest BCUT2D eigenvalue weighted by Crippen LogP contribution is 2.26. The Kier molecular flexibility index (Phi) is 6.58. The number of nitrogens with one attached hydrogen (secondary N) is 1. The molecule has 8 nitrogen and oxygen atoms in total. The number of thioether (sulfide) groups is 1. The number of halogens is 1. The number of nitrogens with zero attached hydrogens (tertiary/aromatic N) is 4. The minimum absolute atomic E-state index is 0.0781. The summed E-state index contributed by atoms with van der Waals surface area (Å²) in [6.45, 7) is 6.17. The lowest BCUT2D eigenvalue weighted by Crippen LogP contribution is -2.16. The Morgan fingerprint density at radius 2 is 2.13 bits per heavy atom. The maximum atomic E-state index is 13.9. The first-order valence-corrected chi connectivity index (χ1v) is 9.85. The maximum absolute atomic E-state index is 13.9. The van der Waals surface area contributed by atoms with Gasteiger partial charge in [-0.05, 0) is 19.1 Å². The van der Waals surface area contributed by atoms with E-state index < -0.39 is 16.6 Å². The maximum Gasteiger partial charge on any atom is 0.271 e. The molecule has 2 aromatic carbocycles. The van der Waals surface area contributed by atoms with Crippen LogP contribution in [0, 0.1) is 22.9 Å². The molecule has 0 spiro atoms. The summed E-state index contributed by atoms with van der Waals surface area (Å²) in [4.78, 5) is 22.4. The number of aryl methyl sites for hydroxylation is 1. The molecule has 1 N–H and O–H groups in total. The number of hydrogen-bond donors (Lipinski definition) is 1. The number of rotatable bonds is 8. The van der Waals surface area contributed by atoms with E-state index in [1.165, 1.54) is 0 Å². The highest BCUT2D eigenvalue weighted by molar-refractivity contribution is 7.99. The van der Waals surface area contributed by atoms with Crippen molar-refractivity contribution in [2.24, 2.45) is 0 Å². The van der Waals surface area contributed by atoms with Crippen molar-refractivity contribution >= 4 is 29.0 Å². The van der Waals surface area contributed by atoms with Gasteiger partial charge in [0.05, 0.1) is 16.4 Å². The second kappa shape index (κ2) is 9.31. The average molecular weight is 427 g/mol. The number of carbonyl (C=O) groups excluding carboxylic acids is 1. The van der Waals surface area contributed by atoms with Crippen molar-refractivity contribution < 1.29 is 14.1 Å². The van der Waals surface area contributed by atoms with E-state index in [1.807, 2.05) is 35.8 Å². The van der Waals surface area contributed by atoms with E-state index in [4.69, 9.17) is 0 Å². The second-order valence-electron chi connectivity index (χ2n) is 6.33. The Morgan fingerprint density at radius 1 is 1.33 bits per heavy atom.